The van der Waals surface area contributed by atoms with E-state index in [1.54, 1.807) is 11.0 Å². The minimum Gasteiger partial charge on any atom is -0.329 e. The fourth-order valence-corrected chi connectivity index (χ4v) is 3.43. The number of amides is 2. The molecule has 4 nitrogen and oxygen atoms in total. The summed E-state index contributed by atoms with van der Waals surface area (Å²) in [5.74, 6) is -0.391. The quantitative estimate of drug-likeness (QED) is 0.825. The molecule has 2 aliphatic rings. The second-order valence-corrected chi connectivity index (χ2v) is 6.13. The van der Waals surface area contributed by atoms with Crippen LogP contribution < -0.4 is 0 Å². The number of nitrogens with zero attached hydrogens (tertiary/aromatic N) is 2. The van der Waals surface area contributed by atoms with E-state index >= 15 is 0 Å². The van der Waals surface area contributed by atoms with Gasteiger partial charge < -0.3 is 9.80 Å². The van der Waals surface area contributed by atoms with Gasteiger partial charge in [0.1, 0.15) is 18.4 Å². The van der Waals surface area contributed by atoms with E-state index in [0.717, 1.165) is 12.8 Å². The van der Waals surface area contributed by atoms with Gasteiger partial charge in [-0.05, 0) is 36.6 Å². The van der Waals surface area contributed by atoms with Gasteiger partial charge in [-0.3, -0.25) is 9.59 Å². The first-order valence-corrected chi connectivity index (χ1v) is 7.37. The summed E-state index contributed by atoms with van der Waals surface area (Å²) in [6, 6.07) is 4.21. The first-order chi connectivity index (χ1) is 9.54. The number of benzene rings is 1. The van der Waals surface area contributed by atoms with Gasteiger partial charge in [0.2, 0.25) is 11.8 Å². The first kappa shape index (κ1) is 13.5. The van der Waals surface area contributed by atoms with E-state index in [0.29, 0.717) is 16.6 Å². The smallest absolute Gasteiger partial charge is 0.246 e. The molecule has 6 heteroatoms. The molecule has 2 saturated heterocycles. The van der Waals surface area contributed by atoms with Crippen LogP contribution in [0.4, 0.5) is 4.39 Å². The van der Waals surface area contributed by atoms with Crippen molar-refractivity contribution in [2.24, 2.45) is 0 Å². The van der Waals surface area contributed by atoms with Crippen LogP contribution in [0.1, 0.15) is 18.4 Å². The molecule has 106 valence electrons. The monoisotopic (exact) mass is 340 g/mol. The molecular weight excluding hydrogens is 327 g/mol. The highest BCUT2D eigenvalue weighted by Gasteiger charge is 2.41. The average Bonchev–Trinajstić information content (AvgIpc) is 2.84. The SMILES string of the molecule is O=C1C2CCCN2C(=O)CN1Cc1cc(F)cc(Br)c1. The molecule has 3 rings (SSSR count). The van der Waals surface area contributed by atoms with Gasteiger partial charge in [-0.1, -0.05) is 15.9 Å². The van der Waals surface area contributed by atoms with Crippen LogP contribution in [-0.2, 0) is 16.1 Å². The third kappa shape index (κ3) is 2.44. The molecule has 1 aromatic carbocycles. The zero-order valence-electron chi connectivity index (χ0n) is 10.8. The van der Waals surface area contributed by atoms with Crippen molar-refractivity contribution in [3.63, 3.8) is 0 Å². The van der Waals surface area contributed by atoms with Crippen molar-refractivity contribution < 1.29 is 14.0 Å². The van der Waals surface area contributed by atoms with Crippen LogP contribution in [0.15, 0.2) is 22.7 Å². The van der Waals surface area contributed by atoms with Gasteiger partial charge in [0.05, 0.1) is 0 Å². The summed E-state index contributed by atoms with van der Waals surface area (Å²) < 4.78 is 14.0. The number of carbonyl (C=O) groups is 2. The second-order valence-electron chi connectivity index (χ2n) is 5.22. The van der Waals surface area contributed by atoms with Crippen LogP contribution in [0.3, 0.4) is 0 Å². The van der Waals surface area contributed by atoms with Gasteiger partial charge in [0.25, 0.3) is 0 Å². The van der Waals surface area contributed by atoms with Crippen molar-refractivity contribution in [3.8, 4) is 0 Å². The molecule has 2 amide bonds. The fraction of sp³-hybridized carbons (Fsp3) is 0.429. The third-order valence-corrected chi connectivity index (χ3v) is 4.25. The van der Waals surface area contributed by atoms with Crippen molar-refractivity contribution in [3.05, 3.63) is 34.1 Å². The molecular formula is C14H14BrFN2O2. The number of hydrogen-bond acceptors (Lipinski definition) is 2. The molecule has 0 spiro atoms. The Hall–Kier alpha value is -1.43. The van der Waals surface area contributed by atoms with Crippen molar-refractivity contribution in [1.82, 2.24) is 9.80 Å². The number of carbonyl (C=O) groups excluding carboxylic acids is 2. The Morgan fingerprint density at radius 2 is 2.10 bits per heavy atom. The normalized spacial score (nSPS) is 22.4. The van der Waals surface area contributed by atoms with Crippen molar-refractivity contribution >= 4 is 27.7 Å². The largest absolute Gasteiger partial charge is 0.329 e. The van der Waals surface area contributed by atoms with Crippen LogP contribution in [0.25, 0.3) is 0 Å². The molecule has 2 fully saturated rings. The van der Waals surface area contributed by atoms with Crippen LogP contribution >= 0.6 is 15.9 Å². The van der Waals surface area contributed by atoms with E-state index in [2.05, 4.69) is 15.9 Å². The van der Waals surface area contributed by atoms with Gasteiger partial charge >= 0.3 is 0 Å². The molecule has 0 saturated carbocycles. The number of fused-ring (bicyclic) bond motifs is 1. The maximum atomic E-state index is 13.4. The molecule has 2 heterocycles. The van der Waals surface area contributed by atoms with E-state index < -0.39 is 0 Å². The molecule has 1 atom stereocenters. The standard InChI is InChI=1S/C14H14BrFN2O2/c15-10-4-9(5-11(16)6-10)7-17-8-13(19)18-3-1-2-12(18)14(17)20/h4-6,12H,1-3,7-8H2. The van der Waals surface area contributed by atoms with Crippen molar-refractivity contribution in [1.29, 1.82) is 0 Å². The molecule has 20 heavy (non-hydrogen) atoms. The summed E-state index contributed by atoms with van der Waals surface area (Å²) in [5, 5.41) is 0. The van der Waals surface area contributed by atoms with E-state index in [9.17, 15) is 14.0 Å². The highest BCUT2D eigenvalue weighted by molar-refractivity contribution is 9.10. The zero-order chi connectivity index (χ0) is 14.3. The molecule has 1 aromatic rings. The predicted molar refractivity (Wildman–Crippen MR) is 74.3 cm³/mol. The Labute approximate surface area is 124 Å². The number of halogens is 2. The first-order valence-electron chi connectivity index (χ1n) is 6.58. The molecule has 1 unspecified atom stereocenters. The summed E-state index contributed by atoms with van der Waals surface area (Å²) in [5.41, 5.74) is 0.685. The lowest BCUT2D eigenvalue weighted by Gasteiger charge is -2.36. The Balaban J connectivity index is 1.80. The number of rotatable bonds is 2. The predicted octanol–water partition coefficient (Wildman–Crippen LogP) is 1.92. The molecule has 0 aromatic heterocycles. The van der Waals surface area contributed by atoms with Crippen LogP contribution in [0.2, 0.25) is 0 Å². The third-order valence-electron chi connectivity index (χ3n) is 3.79. The highest BCUT2D eigenvalue weighted by Crippen LogP contribution is 2.25. The molecule has 0 bridgehead atoms. The van der Waals surface area contributed by atoms with E-state index in [-0.39, 0.29) is 36.8 Å². The Morgan fingerprint density at radius 3 is 2.85 bits per heavy atom. The van der Waals surface area contributed by atoms with E-state index in [4.69, 9.17) is 0 Å². The Kier molecular flexibility index (Phi) is 3.50. The van der Waals surface area contributed by atoms with Gasteiger partial charge in [-0.15, -0.1) is 0 Å². The number of hydrogen-bond donors (Lipinski definition) is 0. The molecule has 0 N–H and O–H groups in total. The van der Waals surface area contributed by atoms with E-state index in [1.165, 1.54) is 17.0 Å². The minimum absolute atomic E-state index is 0.0115. The fourth-order valence-electron chi connectivity index (χ4n) is 2.92. The summed E-state index contributed by atoms with van der Waals surface area (Å²) in [7, 11) is 0. The number of piperazine rings is 1. The van der Waals surface area contributed by atoms with E-state index in [1.807, 2.05) is 0 Å². The molecule has 0 aliphatic carbocycles. The van der Waals surface area contributed by atoms with Crippen LogP contribution in [0, 0.1) is 5.82 Å². The summed E-state index contributed by atoms with van der Waals surface area (Å²) >= 11 is 3.23. The zero-order valence-corrected chi connectivity index (χ0v) is 12.4. The lowest BCUT2D eigenvalue weighted by atomic mass is 10.1. The lowest BCUT2D eigenvalue weighted by molar-refractivity contribution is -0.154. The van der Waals surface area contributed by atoms with Crippen molar-refractivity contribution in [2.75, 3.05) is 13.1 Å². The summed E-state index contributed by atoms with van der Waals surface area (Å²) in [4.78, 5) is 27.5. The molecule has 0 radical (unpaired) electrons. The maximum Gasteiger partial charge on any atom is 0.246 e. The molecule has 2 aliphatic heterocycles. The minimum atomic E-state index is -0.354. The highest BCUT2D eigenvalue weighted by atomic mass is 79.9. The van der Waals surface area contributed by atoms with Gasteiger partial charge in [-0.2, -0.15) is 0 Å². The second kappa shape index (κ2) is 5.16. The maximum absolute atomic E-state index is 13.4. The van der Waals surface area contributed by atoms with Gasteiger partial charge in [0, 0.05) is 17.6 Å². The van der Waals surface area contributed by atoms with Crippen molar-refractivity contribution in [2.45, 2.75) is 25.4 Å². The Bertz CT molecular complexity index is 558. The average molecular weight is 341 g/mol. The summed E-state index contributed by atoms with van der Waals surface area (Å²) in [6.45, 7) is 1.03. The van der Waals surface area contributed by atoms with Crippen LogP contribution in [-0.4, -0.2) is 40.7 Å². The van der Waals surface area contributed by atoms with Gasteiger partial charge in [-0.25, -0.2) is 4.39 Å². The summed E-state index contributed by atoms with van der Waals surface area (Å²) in [6.07, 6.45) is 1.61. The lowest BCUT2D eigenvalue weighted by Crippen LogP contribution is -2.56. The Morgan fingerprint density at radius 1 is 1.30 bits per heavy atom. The van der Waals surface area contributed by atoms with Crippen LogP contribution in [0.5, 0.6) is 0 Å². The van der Waals surface area contributed by atoms with Gasteiger partial charge in [0.15, 0.2) is 0 Å². The topological polar surface area (TPSA) is 40.6 Å².